The molecule has 0 amide bonds. The van der Waals surface area contributed by atoms with Gasteiger partial charge in [0.2, 0.25) is 10.0 Å². The summed E-state index contributed by atoms with van der Waals surface area (Å²) in [6.07, 6.45) is 0.683. The van der Waals surface area contributed by atoms with Crippen LogP contribution < -0.4 is 5.32 Å². The lowest BCUT2D eigenvalue weighted by Crippen LogP contribution is -2.41. The average Bonchev–Trinajstić information content (AvgIpc) is 2.77. The summed E-state index contributed by atoms with van der Waals surface area (Å²) in [5, 5.41) is 3.28. The number of rotatable bonds is 8. The van der Waals surface area contributed by atoms with E-state index >= 15 is 0 Å². The SMILES string of the molecule is CC(C)CN(C1=CCCC=C1C(F)(F)F)S(=O)(=O)c1ccc(NC2CCN(S(C)(=O)=O)CC2)cc1. The Morgan fingerprint density at radius 2 is 1.60 bits per heavy atom. The third-order valence-corrected chi connectivity index (χ3v) is 9.07. The van der Waals surface area contributed by atoms with Crippen molar-refractivity contribution in [3.63, 3.8) is 0 Å². The maximum Gasteiger partial charge on any atom is 0.418 e. The second kappa shape index (κ2) is 10.5. The highest BCUT2D eigenvalue weighted by molar-refractivity contribution is 7.89. The first-order valence-corrected chi connectivity index (χ1v) is 14.8. The summed E-state index contributed by atoms with van der Waals surface area (Å²) in [6.45, 7) is 4.23. The molecule has 196 valence electrons. The predicted octanol–water partition coefficient (Wildman–Crippen LogP) is 4.34. The van der Waals surface area contributed by atoms with Crippen LogP contribution in [0.1, 0.15) is 39.5 Å². The zero-order chi connectivity index (χ0) is 26.0. The number of nitrogens with zero attached hydrogens (tertiary/aromatic N) is 2. The van der Waals surface area contributed by atoms with Gasteiger partial charge in [-0.3, -0.25) is 4.31 Å². The Kier molecular flexibility index (Phi) is 8.27. The molecule has 1 aliphatic heterocycles. The fourth-order valence-electron chi connectivity index (χ4n) is 4.23. The smallest absolute Gasteiger partial charge is 0.382 e. The molecule has 7 nitrogen and oxygen atoms in total. The number of benzene rings is 1. The lowest BCUT2D eigenvalue weighted by Gasteiger charge is -2.32. The Morgan fingerprint density at radius 3 is 2.11 bits per heavy atom. The lowest BCUT2D eigenvalue weighted by atomic mass is 10.0. The molecule has 0 atom stereocenters. The zero-order valence-electron chi connectivity index (χ0n) is 20.0. The molecule has 1 aromatic rings. The number of piperidine rings is 1. The number of anilines is 1. The minimum absolute atomic E-state index is 0.0276. The Balaban J connectivity index is 1.80. The van der Waals surface area contributed by atoms with Gasteiger partial charge in [0.25, 0.3) is 10.0 Å². The number of sulfonamides is 2. The first-order valence-electron chi connectivity index (χ1n) is 11.5. The van der Waals surface area contributed by atoms with Gasteiger partial charge in [-0.2, -0.15) is 13.2 Å². The molecule has 1 aromatic carbocycles. The van der Waals surface area contributed by atoms with Gasteiger partial charge in [0.15, 0.2) is 0 Å². The molecule has 1 saturated heterocycles. The van der Waals surface area contributed by atoms with E-state index in [-0.39, 0.29) is 35.5 Å². The molecule has 1 N–H and O–H groups in total. The fraction of sp³-hybridized carbons (Fsp3) is 0.565. The number of nitrogens with one attached hydrogen (secondary N) is 1. The molecular weight excluding hydrogens is 503 g/mol. The van der Waals surface area contributed by atoms with Crippen molar-refractivity contribution in [2.75, 3.05) is 31.2 Å². The maximum absolute atomic E-state index is 13.7. The minimum atomic E-state index is -4.66. The minimum Gasteiger partial charge on any atom is -0.382 e. The van der Waals surface area contributed by atoms with Crippen molar-refractivity contribution < 1.29 is 30.0 Å². The molecule has 0 aromatic heterocycles. The van der Waals surface area contributed by atoms with Gasteiger partial charge < -0.3 is 5.32 Å². The molecular formula is C23H32F3N3O4S2. The van der Waals surface area contributed by atoms with Gasteiger partial charge in [-0.25, -0.2) is 21.1 Å². The third kappa shape index (κ3) is 6.79. The van der Waals surface area contributed by atoms with Crippen molar-refractivity contribution in [3.8, 4) is 0 Å². The van der Waals surface area contributed by atoms with Crippen molar-refractivity contribution >= 4 is 25.7 Å². The number of allylic oxidation sites excluding steroid dienone is 3. The molecule has 0 saturated carbocycles. The fourth-order valence-corrected chi connectivity index (χ4v) is 6.77. The number of hydrogen-bond donors (Lipinski definition) is 1. The highest BCUT2D eigenvalue weighted by atomic mass is 32.2. The van der Waals surface area contributed by atoms with Crippen LogP contribution in [0.25, 0.3) is 0 Å². The summed E-state index contributed by atoms with van der Waals surface area (Å²) in [5.41, 5.74) is -0.589. The van der Waals surface area contributed by atoms with Crippen LogP contribution in [0.3, 0.4) is 0 Å². The van der Waals surface area contributed by atoms with Gasteiger partial charge in [-0.15, -0.1) is 0 Å². The van der Waals surface area contributed by atoms with Crippen LogP contribution >= 0.6 is 0 Å². The molecule has 1 fully saturated rings. The highest BCUT2D eigenvalue weighted by Crippen LogP contribution is 2.38. The molecule has 1 aliphatic carbocycles. The molecule has 0 radical (unpaired) electrons. The number of alkyl halides is 3. The summed E-state index contributed by atoms with van der Waals surface area (Å²) in [6, 6.07) is 5.96. The summed E-state index contributed by atoms with van der Waals surface area (Å²) in [4.78, 5) is -0.0939. The largest absolute Gasteiger partial charge is 0.418 e. The van der Waals surface area contributed by atoms with Crippen molar-refractivity contribution in [2.24, 2.45) is 5.92 Å². The lowest BCUT2D eigenvalue weighted by molar-refractivity contribution is -0.0912. The maximum atomic E-state index is 13.7. The second-order valence-corrected chi connectivity index (χ2v) is 13.2. The van der Waals surface area contributed by atoms with E-state index in [1.807, 2.05) is 0 Å². The van der Waals surface area contributed by atoms with E-state index in [1.165, 1.54) is 28.8 Å². The van der Waals surface area contributed by atoms with E-state index in [0.29, 0.717) is 38.0 Å². The standard InChI is InChI=1S/C23H32F3N3O4S2/c1-17(2)16-29(22-7-5-4-6-21(22)23(24,25)26)35(32,33)20-10-8-18(9-11-20)27-19-12-14-28(15-13-19)34(3,30)31/h6-11,17,19,27H,4-5,12-16H2,1-3H3. The molecule has 0 unspecified atom stereocenters. The quantitative estimate of drug-likeness (QED) is 0.535. The summed E-state index contributed by atoms with van der Waals surface area (Å²) in [5.74, 6) is -0.194. The molecule has 35 heavy (non-hydrogen) atoms. The summed E-state index contributed by atoms with van der Waals surface area (Å²) in [7, 11) is -7.47. The Labute approximate surface area is 205 Å². The predicted molar refractivity (Wildman–Crippen MR) is 130 cm³/mol. The van der Waals surface area contributed by atoms with Crippen molar-refractivity contribution in [1.82, 2.24) is 8.61 Å². The van der Waals surface area contributed by atoms with Crippen LogP contribution in [0.5, 0.6) is 0 Å². The monoisotopic (exact) mass is 535 g/mol. The van der Waals surface area contributed by atoms with Crippen LogP contribution in [-0.4, -0.2) is 63.6 Å². The molecule has 0 spiro atoms. The topological polar surface area (TPSA) is 86.8 Å². The molecule has 12 heteroatoms. The summed E-state index contributed by atoms with van der Waals surface area (Å²) < 4.78 is 93.6. The summed E-state index contributed by atoms with van der Waals surface area (Å²) >= 11 is 0. The first-order chi connectivity index (χ1) is 16.2. The van der Waals surface area contributed by atoms with E-state index in [4.69, 9.17) is 0 Å². The molecule has 2 aliphatic rings. The van der Waals surface area contributed by atoms with E-state index in [0.717, 1.165) is 10.4 Å². The van der Waals surface area contributed by atoms with Crippen molar-refractivity contribution in [2.45, 2.75) is 56.6 Å². The van der Waals surface area contributed by atoms with Gasteiger partial charge in [0.1, 0.15) is 0 Å². The van der Waals surface area contributed by atoms with E-state index in [9.17, 15) is 30.0 Å². The second-order valence-electron chi connectivity index (χ2n) is 9.32. The van der Waals surface area contributed by atoms with Gasteiger partial charge in [-0.05, 0) is 55.9 Å². The third-order valence-electron chi connectivity index (χ3n) is 5.97. The zero-order valence-corrected chi connectivity index (χ0v) is 21.7. The molecule has 3 rings (SSSR count). The molecule has 0 bridgehead atoms. The van der Waals surface area contributed by atoms with Crippen LogP contribution in [-0.2, 0) is 20.0 Å². The van der Waals surface area contributed by atoms with Crippen LogP contribution in [0.2, 0.25) is 0 Å². The van der Waals surface area contributed by atoms with Gasteiger partial charge in [-0.1, -0.05) is 26.0 Å². The van der Waals surface area contributed by atoms with Crippen molar-refractivity contribution in [3.05, 3.63) is 47.7 Å². The van der Waals surface area contributed by atoms with Gasteiger partial charge in [0.05, 0.1) is 22.4 Å². The average molecular weight is 536 g/mol. The van der Waals surface area contributed by atoms with Gasteiger partial charge >= 0.3 is 6.18 Å². The molecule has 1 heterocycles. The van der Waals surface area contributed by atoms with E-state index in [2.05, 4.69) is 5.32 Å². The number of hydrogen-bond acceptors (Lipinski definition) is 5. The van der Waals surface area contributed by atoms with Crippen LogP contribution in [0, 0.1) is 5.92 Å². The Hall–Kier alpha value is -2.05. The number of halogens is 3. The normalized spacial score (nSPS) is 18.8. The Bertz CT molecular complexity index is 1170. The van der Waals surface area contributed by atoms with Gasteiger partial charge in [0, 0.05) is 31.4 Å². The Morgan fingerprint density at radius 1 is 1.03 bits per heavy atom. The van der Waals surface area contributed by atoms with E-state index in [1.54, 1.807) is 26.0 Å². The van der Waals surface area contributed by atoms with E-state index < -0.39 is 31.8 Å². The van der Waals surface area contributed by atoms with Crippen molar-refractivity contribution in [1.29, 1.82) is 0 Å². The van der Waals surface area contributed by atoms with Crippen LogP contribution in [0.4, 0.5) is 18.9 Å². The first kappa shape index (κ1) is 27.5. The van der Waals surface area contributed by atoms with Crippen LogP contribution in [0.15, 0.2) is 52.6 Å². The highest BCUT2D eigenvalue weighted by Gasteiger charge is 2.41.